The predicted molar refractivity (Wildman–Crippen MR) is 76.1 cm³/mol. The molecule has 0 bridgehead atoms. The minimum Gasteiger partial charge on any atom is -0.351 e. The molecule has 0 saturated carbocycles. The summed E-state index contributed by atoms with van der Waals surface area (Å²) in [5.41, 5.74) is 2.12. The Morgan fingerprint density at radius 1 is 1.05 bits per heavy atom. The second-order valence-corrected chi connectivity index (χ2v) is 4.31. The quantitative estimate of drug-likeness (QED) is 0.760. The van der Waals surface area contributed by atoms with Crippen molar-refractivity contribution in [3.8, 4) is 6.07 Å². The highest BCUT2D eigenvalue weighted by Crippen LogP contribution is 2.26. The fourth-order valence-electron chi connectivity index (χ4n) is 2.04. The molecule has 1 heterocycles. The lowest BCUT2D eigenvalue weighted by molar-refractivity contribution is 0.631. The summed E-state index contributed by atoms with van der Waals surface area (Å²) in [6.45, 7) is 0. The number of para-hydroxylation sites is 1. The number of anilines is 2. The zero-order valence-corrected chi connectivity index (χ0v) is 10.5. The number of nitrogens with zero attached hydrogens (tertiary/aromatic N) is 2. The lowest BCUT2D eigenvalue weighted by Gasteiger charge is -2.10. The first kappa shape index (κ1) is 12.1. The fraction of sp³-hybridized carbons (Fsp3) is 0. The van der Waals surface area contributed by atoms with E-state index in [1.807, 2.05) is 36.4 Å². The standard InChI is InChI=1S/C16H10FN3/c17-13-9-11(10-18)6-7-14(13)20-15-5-1-3-12-4-2-8-19-16(12)15/h1-9,20H. The largest absolute Gasteiger partial charge is 0.351 e. The van der Waals surface area contributed by atoms with Crippen molar-refractivity contribution in [2.45, 2.75) is 0 Å². The fourth-order valence-corrected chi connectivity index (χ4v) is 2.04. The number of rotatable bonds is 2. The van der Waals surface area contributed by atoms with Crippen molar-refractivity contribution < 1.29 is 4.39 Å². The Bertz CT molecular complexity index is 816. The summed E-state index contributed by atoms with van der Waals surface area (Å²) in [5.74, 6) is -0.461. The molecule has 20 heavy (non-hydrogen) atoms. The van der Waals surface area contributed by atoms with Gasteiger partial charge < -0.3 is 5.32 Å². The highest BCUT2D eigenvalue weighted by Gasteiger charge is 2.06. The van der Waals surface area contributed by atoms with Gasteiger partial charge in [-0.2, -0.15) is 5.26 Å². The van der Waals surface area contributed by atoms with E-state index in [-0.39, 0.29) is 0 Å². The zero-order chi connectivity index (χ0) is 13.9. The van der Waals surface area contributed by atoms with Crippen LogP contribution in [0.5, 0.6) is 0 Å². The van der Waals surface area contributed by atoms with Gasteiger partial charge >= 0.3 is 0 Å². The number of fused-ring (bicyclic) bond motifs is 1. The van der Waals surface area contributed by atoms with E-state index in [0.29, 0.717) is 11.3 Å². The second kappa shape index (κ2) is 4.98. The first-order valence-electron chi connectivity index (χ1n) is 6.08. The molecule has 0 aliphatic rings. The summed E-state index contributed by atoms with van der Waals surface area (Å²) in [6, 6.07) is 15.7. The average Bonchev–Trinajstić information content (AvgIpc) is 2.49. The molecule has 0 spiro atoms. The van der Waals surface area contributed by atoms with E-state index in [2.05, 4.69) is 10.3 Å². The van der Waals surface area contributed by atoms with Crippen LogP contribution in [-0.4, -0.2) is 4.98 Å². The Balaban J connectivity index is 2.04. The van der Waals surface area contributed by atoms with E-state index < -0.39 is 5.82 Å². The molecule has 2 aromatic carbocycles. The molecule has 96 valence electrons. The maximum absolute atomic E-state index is 13.9. The molecule has 1 N–H and O–H groups in total. The van der Waals surface area contributed by atoms with E-state index in [1.165, 1.54) is 6.07 Å². The highest BCUT2D eigenvalue weighted by atomic mass is 19.1. The molecule has 0 fully saturated rings. The number of pyridine rings is 1. The van der Waals surface area contributed by atoms with Crippen LogP contribution in [0, 0.1) is 17.1 Å². The molecule has 3 nitrogen and oxygen atoms in total. The summed E-state index contributed by atoms with van der Waals surface area (Å²) in [7, 11) is 0. The van der Waals surface area contributed by atoms with Gasteiger partial charge in [0, 0.05) is 11.6 Å². The van der Waals surface area contributed by atoms with Gasteiger partial charge in [0.15, 0.2) is 0 Å². The number of aromatic nitrogens is 1. The molecule has 0 aliphatic carbocycles. The third-order valence-electron chi connectivity index (χ3n) is 3.00. The summed E-state index contributed by atoms with van der Waals surface area (Å²) in [4.78, 5) is 4.30. The molecule has 3 aromatic rings. The van der Waals surface area contributed by atoms with Crippen LogP contribution in [0.2, 0.25) is 0 Å². The highest BCUT2D eigenvalue weighted by molar-refractivity contribution is 5.91. The summed E-state index contributed by atoms with van der Waals surface area (Å²) >= 11 is 0. The van der Waals surface area contributed by atoms with Crippen LogP contribution in [-0.2, 0) is 0 Å². The van der Waals surface area contributed by atoms with Crippen LogP contribution in [0.15, 0.2) is 54.7 Å². The number of halogens is 1. The van der Waals surface area contributed by atoms with E-state index in [0.717, 1.165) is 16.6 Å². The molecule has 4 heteroatoms. The molecule has 1 aromatic heterocycles. The van der Waals surface area contributed by atoms with E-state index in [4.69, 9.17) is 5.26 Å². The van der Waals surface area contributed by atoms with Gasteiger partial charge in [-0.25, -0.2) is 4.39 Å². The first-order chi connectivity index (χ1) is 9.78. The third kappa shape index (κ3) is 2.17. The SMILES string of the molecule is N#Cc1ccc(Nc2cccc3cccnc23)c(F)c1. The predicted octanol–water partition coefficient (Wildman–Crippen LogP) is 3.99. The van der Waals surface area contributed by atoms with Gasteiger partial charge in [0.25, 0.3) is 0 Å². The van der Waals surface area contributed by atoms with Crippen LogP contribution < -0.4 is 5.32 Å². The topological polar surface area (TPSA) is 48.7 Å². The smallest absolute Gasteiger partial charge is 0.147 e. The van der Waals surface area contributed by atoms with Crippen LogP contribution in [0.4, 0.5) is 15.8 Å². The number of nitrogens with one attached hydrogen (secondary N) is 1. The Morgan fingerprint density at radius 3 is 2.70 bits per heavy atom. The molecule has 0 atom stereocenters. The van der Waals surface area contributed by atoms with Crippen LogP contribution in [0.25, 0.3) is 10.9 Å². The minimum absolute atomic E-state index is 0.295. The lowest BCUT2D eigenvalue weighted by atomic mass is 10.1. The van der Waals surface area contributed by atoms with Gasteiger partial charge in [-0.05, 0) is 30.3 Å². The zero-order valence-electron chi connectivity index (χ0n) is 10.5. The molecular formula is C16H10FN3. The first-order valence-corrected chi connectivity index (χ1v) is 6.08. The summed E-state index contributed by atoms with van der Waals surface area (Å²) in [5, 5.41) is 12.7. The summed E-state index contributed by atoms with van der Waals surface area (Å²) in [6.07, 6.45) is 1.70. The molecule has 0 aliphatic heterocycles. The van der Waals surface area contributed by atoms with Crippen LogP contribution >= 0.6 is 0 Å². The van der Waals surface area contributed by atoms with Gasteiger partial charge in [-0.15, -0.1) is 0 Å². The van der Waals surface area contributed by atoms with Crippen molar-refractivity contribution in [2.24, 2.45) is 0 Å². The van der Waals surface area contributed by atoms with Gasteiger partial charge in [-0.1, -0.05) is 18.2 Å². The number of nitriles is 1. The number of benzene rings is 2. The van der Waals surface area contributed by atoms with Crippen molar-refractivity contribution in [1.29, 1.82) is 5.26 Å². The molecule has 0 amide bonds. The van der Waals surface area contributed by atoms with E-state index >= 15 is 0 Å². The molecule has 0 unspecified atom stereocenters. The van der Waals surface area contributed by atoms with Gasteiger partial charge in [0.1, 0.15) is 5.82 Å². The van der Waals surface area contributed by atoms with Crippen LogP contribution in [0.1, 0.15) is 5.56 Å². The Kier molecular flexibility index (Phi) is 3.02. The van der Waals surface area contributed by atoms with Crippen molar-refractivity contribution in [3.63, 3.8) is 0 Å². The van der Waals surface area contributed by atoms with E-state index in [1.54, 1.807) is 18.3 Å². The van der Waals surface area contributed by atoms with Crippen molar-refractivity contribution in [3.05, 3.63) is 66.1 Å². The van der Waals surface area contributed by atoms with Crippen molar-refractivity contribution >= 4 is 22.3 Å². The normalized spacial score (nSPS) is 10.2. The Hall–Kier alpha value is -2.93. The monoisotopic (exact) mass is 263 g/mol. The average molecular weight is 263 g/mol. The van der Waals surface area contributed by atoms with Gasteiger partial charge in [-0.3, -0.25) is 4.98 Å². The maximum Gasteiger partial charge on any atom is 0.147 e. The molecule has 3 rings (SSSR count). The molecule has 0 saturated heterocycles. The number of hydrogen-bond acceptors (Lipinski definition) is 3. The minimum atomic E-state index is -0.461. The van der Waals surface area contributed by atoms with Gasteiger partial charge in [0.2, 0.25) is 0 Å². The second-order valence-electron chi connectivity index (χ2n) is 4.31. The van der Waals surface area contributed by atoms with Crippen molar-refractivity contribution in [1.82, 2.24) is 4.98 Å². The Labute approximate surface area is 115 Å². The third-order valence-corrected chi connectivity index (χ3v) is 3.00. The molecular weight excluding hydrogens is 253 g/mol. The Morgan fingerprint density at radius 2 is 1.90 bits per heavy atom. The maximum atomic E-state index is 13.9. The molecule has 0 radical (unpaired) electrons. The van der Waals surface area contributed by atoms with Gasteiger partial charge in [0.05, 0.1) is 28.5 Å². The van der Waals surface area contributed by atoms with Crippen molar-refractivity contribution in [2.75, 3.05) is 5.32 Å². The van der Waals surface area contributed by atoms with Crippen LogP contribution in [0.3, 0.4) is 0 Å². The summed E-state index contributed by atoms with van der Waals surface area (Å²) < 4.78 is 13.9. The lowest BCUT2D eigenvalue weighted by Crippen LogP contribution is -1.96. The number of hydrogen-bond donors (Lipinski definition) is 1. The van der Waals surface area contributed by atoms with E-state index in [9.17, 15) is 4.39 Å².